The zero-order valence-electron chi connectivity index (χ0n) is 32.1. The van der Waals surface area contributed by atoms with Crippen molar-refractivity contribution in [2.75, 3.05) is 0 Å². The Balaban J connectivity index is 1.15. The zero-order chi connectivity index (χ0) is 38.6. The van der Waals surface area contributed by atoms with Crippen molar-refractivity contribution in [2.45, 2.75) is 6.92 Å². The Kier molecular flexibility index (Phi) is 8.08. The highest BCUT2D eigenvalue weighted by Gasteiger charge is 2.16. The lowest BCUT2D eigenvalue weighted by molar-refractivity contribution is 1.31. The second-order valence-corrected chi connectivity index (χ2v) is 15.2. The van der Waals surface area contributed by atoms with Crippen LogP contribution in [-0.4, -0.2) is 9.38 Å². The number of pyridine rings is 1. The van der Waals surface area contributed by atoms with E-state index in [1.807, 2.05) is 0 Å². The van der Waals surface area contributed by atoms with Crippen LogP contribution >= 0.6 is 0 Å². The molecule has 0 aliphatic carbocycles. The van der Waals surface area contributed by atoms with Gasteiger partial charge >= 0.3 is 0 Å². The van der Waals surface area contributed by atoms with Crippen LogP contribution < -0.4 is 10.4 Å². The van der Waals surface area contributed by atoms with Gasteiger partial charge in [-0.15, -0.1) is 0 Å². The predicted molar refractivity (Wildman–Crippen MR) is 244 cm³/mol. The molecular weight excluding hydrogens is 701 g/mol. The summed E-state index contributed by atoms with van der Waals surface area (Å²) in [7, 11) is 0. The lowest BCUT2D eigenvalue weighted by Crippen LogP contribution is -2.29. The molecule has 2 heteroatoms. The number of benzene rings is 9. The third-order valence-electron chi connectivity index (χ3n) is 11.8. The van der Waals surface area contributed by atoms with E-state index in [1.165, 1.54) is 82.1 Å². The monoisotopic (exact) mass is 738 g/mol. The first-order valence-corrected chi connectivity index (χ1v) is 20.0. The highest BCUT2D eigenvalue weighted by molar-refractivity contribution is 6.14. The van der Waals surface area contributed by atoms with E-state index in [4.69, 9.17) is 4.98 Å². The molecule has 0 saturated heterocycles. The van der Waals surface area contributed by atoms with Crippen LogP contribution in [0.2, 0.25) is 0 Å². The molecule has 0 aliphatic heterocycles. The maximum Gasteiger partial charge on any atom is 0.146 e. The van der Waals surface area contributed by atoms with E-state index in [0.29, 0.717) is 0 Å². The van der Waals surface area contributed by atoms with Gasteiger partial charge in [0.1, 0.15) is 5.65 Å². The second-order valence-electron chi connectivity index (χ2n) is 15.2. The van der Waals surface area contributed by atoms with E-state index in [1.54, 1.807) is 0 Å². The number of para-hydroxylation sites is 3. The van der Waals surface area contributed by atoms with E-state index in [-0.39, 0.29) is 0 Å². The topological polar surface area (TPSA) is 17.3 Å². The van der Waals surface area contributed by atoms with Crippen LogP contribution in [0.1, 0.15) is 23.6 Å². The van der Waals surface area contributed by atoms with Gasteiger partial charge in [-0.2, -0.15) is 0 Å². The Labute approximate surface area is 336 Å². The Hall–Kier alpha value is -7.55. The highest BCUT2D eigenvalue weighted by Crippen LogP contribution is 2.36. The summed E-state index contributed by atoms with van der Waals surface area (Å²) in [6.45, 7) is 2.26. The molecule has 0 atom stereocenters. The molecule has 11 aromatic rings. The van der Waals surface area contributed by atoms with E-state index < -0.39 is 0 Å². The average Bonchev–Trinajstić information content (AvgIpc) is 3.70. The molecule has 2 heterocycles. The minimum Gasteiger partial charge on any atom is -0.292 e. The predicted octanol–water partition coefficient (Wildman–Crippen LogP) is 12.7. The van der Waals surface area contributed by atoms with Crippen molar-refractivity contribution in [1.29, 1.82) is 0 Å². The van der Waals surface area contributed by atoms with Crippen LogP contribution in [0.3, 0.4) is 0 Å². The number of nitrogens with zero attached hydrogens (tertiary/aromatic N) is 2. The van der Waals surface area contributed by atoms with E-state index in [2.05, 4.69) is 224 Å². The SMILES string of the molecule is C/C(c1ccc2ccccc2c1)=c1/cccc/c1=C(/c1cccc(-c2ccccc2)c1)c1cccc(-c2ccc3c(c2)c2ccccc2n2c4ccccc4nc32)c1. The minimum atomic E-state index is 0.985. The first kappa shape index (κ1) is 33.8. The fraction of sp³-hybridized carbons (Fsp3) is 0.0179. The molecule has 0 fully saturated rings. The highest BCUT2D eigenvalue weighted by atomic mass is 15.0. The fourth-order valence-electron chi connectivity index (χ4n) is 8.91. The van der Waals surface area contributed by atoms with Gasteiger partial charge in [0.15, 0.2) is 0 Å². The van der Waals surface area contributed by atoms with Crippen molar-refractivity contribution in [3.05, 3.63) is 239 Å². The van der Waals surface area contributed by atoms with Crippen molar-refractivity contribution in [1.82, 2.24) is 9.38 Å². The van der Waals surface area contributed by atoms with Crippen LogP contribution in [0.4, 0.5) is 0 Å². The summed E-state index contributed by atoms with van der Waals surface area (Å²) in [5.41, 5.74) is 15.0. The van der Waals surface area contributed by atoms with Gasteiger partial charge in [0, 0.05) is 10.8 Å². The third-order valence-corrected chi connectivity index (χ3v) is 11.8. The summed E-state index contributed by atoms with van der Waals surface area (Å²) in [5.74, 6) is 0. The van der Waals surface area contributed by atoms with Crippen LogP contribution in [0.5, 0.6) is 0 Å². The van der Waals surface area contributed by atoms with E-state index in [0.717, 1.165) is 27.6 Å². The zero-order valence-corrected chi connectivity index (χ0v) is 32.1. The summed E-state index contributed by atoms with van der Waals surface area (Å²) in [6, 6.07) is 77.1. The minimum absolute atomic E-state index is 0.985. The summed E-state index contributed by atoms with van der Waals surface area (Å²) < 4.78 is 2.31. The molecule has 2 aromatic heterocycles. The number of rotatable bonds is 5. The van der Waals surface area contributed by atoms with Gasteiger partial charge in [-0.25, -0.2) is 4.98 Å². The summed E-state index contributed by atoms with van der Waals surface area (Å²) in [4.78, 5) is 5.15. The number of fused-ring (bicyclic) bond motifs is 9. The van der Waals surface area contributed by atoms with Gasteiger partial charge in [-0.3, -0.25) is 4.40 Å². The molecule has 0 aliphatic rings. The summed E-state index contributed by atoms with van der Waals surface area (Å²) in [5, 5.41) is 8.48. The average molecular weight is 739 g/mol. The molecule has 11 rings (SSSR count). The standard InChI is InChI=1S/C56H38N2/c1-37(40-30-29-39-17-5-6-18-41(39)33-40)47-23-7-8-25-49(47)55(45-21-13-19-42(34-45)38-15-3-2-4-16-38)46-22-14-20-43(35-46)44-31-32-50-51(36-44)48-24-9-11-27-53(48)58-54-28-12-10-26-52(54)57-56(50)58/h2-36H,1H3/b47-37+,55-49+. The lowest BCUT2D eigenvalue weighted by atomic mass is 9.89. The van der Waals surface area contributed by atoms with Gasteiger partial charge < -0.3 is 0 Å². The summed E-state index contributed by atoms with van der Waals surface area (Å²) >= 11 is 0. The van der Waals surface area contributed by atoms with Gasteiger partial charge in [-0.1, -0.05) is 164 Å². The number of hydrogen-bond donors (Lipinski definition) is 0. The van der Waals surface area contributed by atoms with Crippen molar-refractivity contribution < 1.29 is 0 Å². The molecule has 0 saturated carbocycles. The largest absolute Gasteiger partial charge is 0.292 e. The van der Waals surface area contributed by atoms with Gasteiger partial charge in [0.25, 0.3) is 0 Å². The first-order chi connectivity index (χ1) is 28.7. The van der Waals surface area contributed by atoms with Crippen LogP contribution in [-0.2, 0) is 0 Å². The van der Waals surface area contributed by atoms with Gasteiger partial charge in [0.05, 0.1) is 16.6 Å². The quantitative estimate of drug-likeness (QED) is 0.161. The molecule has 0 N–H and O–H groups in total. The first-order valence-electron chi connectivity index (χ1n) is 20.0. The fourth-order valence-corrected chi connectivity index (χ4v) is 8.91. The molecular formula is C56H38N2. The smallest absolute Gasteiger partial charge is 0.146 e. The van der Waals surface area contributed by atoms with Crippen LogP contribution in [0.15, 0.2) is 212 Å². The van der Waals surface area contributed by atoms with E-state index in [9.17, 15) is 0 Å². The van der Waals surface area contributed by atoms with Crippen molar-refractivity contribution in [3.63, 3.8) is 0 Å². The molecule has 0 radical (unpaired) electrons. The maximum absolute atomic E-state index is 5.15. The Morgan fingerprint density at radius 1 is 0.379 bits per heavy atom. The van der Waals surface area contributed by atoms with Gasteiger partial charge in [0.2, 0.25) is 0 Å². The number of imidazole rings is 1. The molecule has 0 spiro atoms. The molecule has 272 valence electrons. The molecule has 58 heavy (non-hydrogen) atoms. The molecule has 2 nitrogen and oxygen atoms in total. The maximum atomic E-state index is 5.15. The van der Waals surface area contributed by atoms with Crippen LogP contribution in [0.25, 0.3) is 82.5 Å². The lowest BCUT2D eigenvalue weighted by Gasteiger charge is -2.15. The van der Waals surface area contributed by atoms with Gasteiger partial charge in [-0.05, 0) is 132 Å². The summed E-state index contributed by atoms with van der Waals surface area (Å²) in [6.07, 6.45) is 0. The Bertz CT molecular complexity index is 3520. The van der Waals surface area contributed by atoms with Crippen molar-refractivity contribution in [3.8, 4) is 22.3 Å². The Morgan fingerprint density at radius 2 is 1.00 bits per heavy atom. The molecule has 0 unspecified atom stereocenters. The number of hydrogen-bond acceptors (Lipinski definition) is 1. The third kappa shape index (κ3) is 5.69. The molecule has 0 bridgehead atoms. The number of aromatic nitrogens is 2. The van der Waals surface area contributed by atoms with E-state index >= 15 is 0 Å². The second kappa shape index (κ2) is 13.9. The van der Waals surface area contributed by atoms with Crippen LogP contribution in [0, 0.1) is 0 Å². The normalized spacial score (nSPS) is 12.8. The molecule has 9 aromatic carbocycles. The van der Waals surface area contributed by atoms with Crippen molar-refractivity contribution >= 4 is 60.3 Å². The Morgan fingerprint density at radius 3 is 1.81 bits per heavy atom. The molecule has 0 amide bonds. The van der Waals surface area contributed by atoms with Crippen molar-refractivity contribution in [2.24, 2.45) is 0 Å².